The molecule has 21 heavy (non-hydrogen) atoms. The fourth-order valence-corrected chi connectivity index (χ4v) is 1.83. The molecular weight excluding hydrogens is 285 g/mol. The summed E-state index contributed by atoms with van der Waals surface area (Å²) in [6, 6.07) is 1.71. The van der Waals surface area contributed by atoms with Crippen LogP contribution in [0.2, 0.25) is 0 Å². The number of hydrogen-bond acceptors (Lipinski definition) is 4. The molecular formula is C14H21F3N2O2. The van der Waals surface area contributed by atoms with Gasteiger partial charge in [-0.05, 0) is 31.0 Å². The summed E-state index contributed by atoms with van der Waals surface area (Å²) < 4.78 is 45.9. The van der Waals surface area contributed by atoms with E-state index in [1.54, 1.807) is 19.5 Å². The lowest BCUT2D eigenvalue weighted by atomic mass is 10.1. The summed E-state index contributed by atoms with van der Waals surface area (Å²) in [5, 5.41) is 3.28. The van der Waals surface area contributed by atoms with Crippen LogP contribution in [0.4, 0.5) is 13.2 Å². The molecule has 0 aliphatic rings. The lowest BCUT2D eigenvalue weighted by molar-refractivity contribution is -0.174. The van der Waals surface area contributed by atoms with Gasteiger partial charge in [0.05, 0.1) is 13.3 Å². The average Bonchev–Trinajstić information content (AvgIpc) is 2.45. The Balaban J connectivity index is 2.58. The second kappa shape index (κ2) is 8.84. The predicted octanol–water partition coefficient (Wildman–Crippen LogP) is 3.10. The number of hydrogen-bond donors (Lipinski definition) is 1. The Labute approximate surface area is 122 Å². The topological polar surface area (TPSA) is 43.4 Å². The van der Waals surface area contributed by atoms with Crippen molar-refractivity contribution in [3.05, 3.63) is 24.0 Å². The molecule has 7 heteroatoms. The molecule has 1 aromatic rings. The molecule has 1 rings (SSSR count). The minimum Gasteiger partial charge on any atom is -0.495 e. The lowest BCUT2D eigenvalue weighted by Gasteiger charge is -2.19. The Bertz CT molecular complexity index is 413. The van der Waals surface area contributed by atoms with E-state index in [1.807, 2.05) is 13.0 Å². The zero-order valence-electron chi connectivity index (χ0n) is 12.2. The molecule has 1 atom stereocenters. The SMILES string of the molecule is CCCNC(CCOCC(F)(F)F)c1cncc(OC)c1. The summed E-state index contributed by atoms with van der Waals surface area (Å²) >= 11 is 0. The van der Waals surface area contributed by atoms with Crippen molar-refractivity contribution < 1.29 is 22.6 Å². The first-order valence-electron chi connectivity index (χ1n) is 6.83. The van der Waals surface area contributed by atoms with Gasteiger partial charge in [-0.15, -0.1) is 0 Å². The number of alkyl halides is 3. The van der Waals surface area contributed by atoms with E-state index in [2.05, 4.69) is 15.0 Å². The van der Waals surface area contributed by atoms with Crippen molar-refractivity contribution in [1.82, 2.24) is 10.3 Å². The number of ether oxygens (including phenoxy) is 2. The minimum absolute atomic E-state index is 0.0259. The van der Waals surface area contributed by atoms with E-state index in [4.69, 9.17) is 4.74 Å². The van der Waals surface area contributed by atoms with Crippen LogP contribution in [0.15, 0.2) is 18.5 Å². The quantitative estimate of drug-likeness (QED) is 0.712. The maximum Gasteiger partial charge on any atom is 0.411 e. The number of methoxy groups -OCH3 is 1. The number of nitrogens with zero attached hydrogens (tertiary/aromatic N) is 1. The van der Waals surface area contributed by atoms with Gasteiger partial charge >= 0.3 is 6.18 Å². The third-order valence-corrected chi connectivity index (χ3v) is 2.83. The highest BCUT2D eigenvalue weighted by molar-refractivity contribution is 5.25. The summed E-state index contributed by atoms with van der Waals surface area (Å²) in [4.78, 5) is 4.07. The van der Waals surface area contributed by atoms with Crippen LogP contribution in [0.1, 0.15) is 31.4 Å². The molecule has 0 aliphatic carbocycles. The van der Waals surface area contributed by atoms with Crippen molar-refractivity contribution in [2.75, 3.05) is 26.9 Å². The van der Waals surface area contributed by atoms with Crippen molar-refractivity contribution in [1.29, 1.82) is 0 Å². The van der Waals surface area contributed by atoms with Gasteiger partial charge in [-0.3, -0.25) is 4.98 Å². The zero-order valence-corrected chi connectivity index (χ0v) is 12.2. The second-order valence-corrected chi connectivity index (χ2v) is 4.62. The van der Waals surface area contributed by atoms with Gasteiger partial charge < -0.3 is 14.8 Å². The monoisotopic (exact) mass is 306 g/mol. The molecule has 1 unspecified atom stereocenters. The van der Waals surface area contributed by atoms with Crippen LogP contribution in [0.3, 0.4) is 0 Å². The van der Waals surface area contributed by atoms with E-state index in [-0.39, 0.29) is 12.6 Å². The number of aromatic nitrogens is 1. The molecule has 0 fully saturated rings. The molecule has 0 saturated heterocycles. The maximum absolute atomic E-state index is 12.0. The molecule has 1 heterocycles. The van der Waals surface area contributed by atoms with Crippen LogP contribution in [0.25, 0.3) is 0 Å². The molecule has 0 amide bonds. The number of pyridine rings is 1. The Morgan fingerprint density at radius 3 is 2.71 bits per heavy atom. The number of nitrogens with one attached hydrogen (secondary N) is 1. The highest BCUT2D eigenvalue weighted by Crippen LogP contribution is 2.21. The van der Waals surface area contributed by atoms with Gasteiger partial charge in [0.25, 0.3) is 0 Å². The third kappa shape index (κ3) is 7.29. The zero-order chi connectivity index (χ0) is 15.7. The van der Waals surface area contributed by atoms with E-state index in [9.17, 15) is 13.2 Å². The van der Waals surface area contributed by atoms with E-state index in [0.717, 1.165) is 18.5 Å². The first-order valence-corrected chi connectivity index (χ1v) is 6.83. The Hall–Kier alpha value is -1.34. The normalized spacial score (nSPS) is 13.2. The molecule has 0 aliphatic heterocycles. The standard InChI is InChI=1S/C14H21F3N2O2/c1-3-5-19-13(4-6-21-10-14(15,16)17)11-7-12(20-2)9-18-8-11/h7-9,13,19H,3-6,10H2,1-2H3. The van der Waals surface area contributed by atoms with Crippen LogP contribution in [0.5, 0.6) is 5.75 Å². The van der Waals surface area contributed by atoms with Crippen molar-refractivity contribution in [3.63, 3.8) is 0 Å². The van der Waals surface area contributed by atoms with Gasteiger partial charge in [-0.1, -0.05) is 6.92 Å². The van der Waals surface area contributed by atoms with Gasteiger partial charge in [-0.2, -0.15) is 13.2 Å². The fraction of sp³-hybridized carbons (Fsp3) is 0.643. The third-order valence-electron chi connectivity index (χ3n) is 2.83. The van der Waals surface area contributed by atoms with Gasteiger partial charge in [0.2, 0.25) is 0 Å². The minimum atomic E-state index is -4.29. The Kier molecular flexibility index (Phi) is 7.45. The van der Waals surface area contributed by atoms with E-state index in [1.165, 1.54) is 0 Å². The Morgan fingerprint density at radius 1 is 1.33 bits per heavy atom. The summed E-state index contributed by atoms with van der Waals surface area (Å²) in [5.41, 5.74) is 0.874. The first kappa shape index (κ1) is 17.7. The molecule has 120 valence electrons. The van der Waals surface area contributed by atoms with Crippen molar-refractivity contribution in [3.8, 4) is 5.75 Å². The van der Waals surface area contributed by atoms with Crippen molar-refractivity contribution in [2.24, 2.45) is 0 Å². The molecule has 0 spiro atoms. The number of halogens is 3. The van der Waals surface area contributed by atoms with Crippen LogP contribution < -0.4 is 10.1 Å². The molecule has 0 aromatic carbocycles. The predicted molar refractivity (Wildman–Crippen MR) is 73.3 cm³/mol. The van der Waals surface area contributed by atoms with Gasteiger partial charge in [0, 0.05) is 18.8 Å². The summed E-state index contributed by atoms with van der Waals surface area (Å²) in [6.07, 6.45) is 0.340. The highest BCUT2D eigenvalue weighted by Gasteiger charge is 2.27. The van der Waals surface area contributed by atoms with Crippen molar-refractivity contribution in [2.45, 2.75) is 32.0 Å². The summed E-state index contributed by atoms with van der Waals surface area (Å²) in [5.74, 6) is 0.618. The van der Waals surface area contributed by atoms with Crippen molar-refractivity contribution >= 4 is 0 Å². The van der Waals surface area contributed by atoms with Gasteiger partial charge in [0.1, 0.15) is 12.4 Å². The lowest BCUT2D eigenvalue weighted by Crippen LogP contribution is -2.25. The maximum atomic E-state index is 12.0. The first-order chi connectivity index (χ1) is 9.96. The fourth-order valence-electron chi connectivity index (χ4n) is 1.83. The Morgan fingerprint density at radius 2 is 2.10 bits per heavy atom. The second-order valence-electron chi connectivity index (χ2n) is 4.62. The molecule has 4 nitrogen and oxygen atoms in total. The van der Waals surface area contributed by atoms with E-state index >= 15 is 0 Å². The largest absolute Gasteiger partial charge is 0.495 e. The summed E-state index contributed by atoms with van der Waals surface area (Å²) in [7, 11) is 1.54. The van der Waals surface area contributed by atoms with Crippen LogP contribution in [-0.4, -0.2) is 38.0 Å². The molecule has 0 bridgehead atoms. The smallest absolute Gasteiger partial charge is 0.411 e. The van der Waals surface area contributed by atoms with E-state index < -0.39 is 12.8 Å². The van der Waals surface area contributed by atoms with Gasteiger partial charge in [0.15, 0.2) is 0 Å². The summed E-state index contributed by atoms with van der Waals surface area (Å²) in [6.45, 7) is 1.59. The van der Waals surface area contributed by atoms with E-state index in [0.29, 0.717) is 12.2 Å². The average molecular weight is 306 g/mol. The van der Waals surface area contributed by atoms with Crippen LogP contribution in [-0.2, 0) is 4.74 Å². The molecule has 0 saturated carbocycles. The number of rotatable bonds is 9. The molecule has 0 radical (unpaired) electrons. The van der Waals surface area contributed by atoms with Crippen LogP contribution in [0, 0.1) is 0 Å². The molecule has 1 aromatic heterocycles. The molecule has 1 N–H and O–H groups in total. The highest BCUT2D eigenvalue weighted by atomic mass is 19.4. The van der Waals surface area contributed by atoms with Gasteiger partial charge in [-0.25, -0.2) is 0 Å². The van der Waals surface area contributed by atoms with Crippen LogP contribution >= 0.6 is 0 Å².